The van der Waals surface area contributed by atoms with E-state index >= 15 is 0 Å². The van der Waals surface area contributed by atoms with Crippen molar-refractivity contribution in [2.75, 3.05) is 12.3 Å². The summed E-state index contributed by atoms with van der Waals surface area (Å²) in [7, 11) is 0. The number of anilines is 1. The largest absolute Gasteiger partial charge is 0.435 e. The summed E-state index contributed by atoms with van der Waals surface area (Å²) >= 11 is 0. The Balaban J connectivity index is 2.57. The molecule has 0 saturated carbocycles. The zero-order chi connectivity index (χ0) is 14.3. The molecule has 1 rings (SSSR count). The average molecular weight is 271 g/mol. The molecular formula is C10H17N5O4. The van der Waals surface area contributed by atoms with Gasteiger partial charge in [0.15, 0.2) is 5.82 Å². The van der Waals surface area contributed by atoms with Gasteiger partial charge in [0.1, 0.15) is 0 Å². The molecule has 1 heterocycles. The molecule has 0 spiro atoms. The molecule has 1 aromatic heterocycles. The highest BCUT2D eigenvalue weighted by Gasteiger charge is 2.13. The fourth-order valence-electron chi connectivity index (χ4n) is 1.43. The van der Waals surface area contributed by atoms with Crippen molar-refractivity contribution in [3.8, 4) is 6.01 Å². The van der Waals surface area contributed by atoms with Crippen LogP contribution in [0, 0.1) is 4.91 Å². The second-order valence-electron chi connectivity index (χ2n) is 3.91. The summed E-state index contributed by atoms with van der Waals surface area (Å²) in [5, 5.41) is 12.0. The molecule has 0 fully saturated rings. The molecule has 106 valence electrons. The third-order valence-corrected chi connectivity index (χ3v) is 2.39. The first kappa shape index (κ1) is 15.1. The lowest BCUT2D eigenvalue weighted by molar-refractivity contribution is -0.0309. The number of aromatic amines is 1. The first-order valence-corrected chi connectivity index (χ1v) is 5.86. The predicted octanol–water partition coefficient (Wildman–Crippen LogP) is -0.0337. The number of unbranched alkanes of at least 4 members (excludes halogenated alkanes) is 2. The molecule has 0 bridgehead atoms. The second kappa shape index (κ2) is 7.44. The fourth-order valence-corrected chi connectivity index (χ4v) is 1.43. The van der Waals surface area contributed by atoms with Crippen LogP contribution < -0.4 is 21.8 Å². The number of aliphatic hydroxyl groups excluding tert-OH is 1. The summed E-state index contributed by atoms with van der Waals surface area (Å²) < 4.78 is 4.99. The Kier molecular flexibility index (Phi) is 5.90. The Morgan fingerprint density at radius 1 is 1.42 bits per heavy atom. The van der Waals surface area contributed by atoms with E-state index < -0.39 is 17.5 Å². The SMILES string of the molecule is NCCCCCC(O)Oc1nc(N)c(N=O)c(=O)[nH]1. The van der Waals surface area contributed by atoms with E-state index in [-0.39, 0.29) is 11.8 Å². The number of rotatable bonds is 8. The van der Waals surface area contributed by atoms with Crippen LogP contribution >= 0.6 is 0 Å². The molecule has 0 aliphatic carbocycles. The monoisotopic (exact) mass is 271 g/mol. The molecule has 0 aliphatic rings. The lowest BCUT2D eigenvalue weighted by Gasteiger charge is -2.12. The Morgan fingerprint density at radius 3 is 2.74 bits per heavy atom. The van der Waals surface area contributed by atoms with Gasteiger partial charge in [0.2, 0.25) is 12.0 Å². The van der Waals surface area contributed by atoms with Crippen LogP contribution in [-0.2, 0) is 0 Å². The van der Waals surface area contributed by atoms with Crippen molar-refractivity contribution in [1.29, 1.82) is 0 Å². The maximum Gasteiger partial charge on any atom is 0.300 e. The van der Waals surface area contributed by atoms with Gasteiger partial charge < -0.3 is 21.3 Å². The molecular weight excluding hydrogens is 254 g/mol. The highest BCUT2D eigenvalue weighted by molar-refractivity contribution is 5.55. The van der Waals surface area contributed by atoms with E-state index in [2.05, 4.69) is 15.1 Å². The summed E-state index contributed by atoms with van der Waals surface area (Å²) in [6, 6.07) is -0.249. The first-order valence-electron chi connectivity index (χ1n) is 5.86. The number of nitrogens with two attached hydrogens (primary N) is 2. The van der Waals surface area contributed by atoms with Crippen molar-refractivity contribution >= 4 is 11.5 Å². The molecule has 6 N–H and O–H groups in total. The number of nitrogens with zero attached hydrogens (tertiary/aromatic N) is 2. The molecule has 9 heteroatoms. The van der Waals surface area contributed by atoms with Crippen LogP contribution in [-0.4, -0.2) is 27.9 Å². The predicted molar refractivity (Wildman–Crippen MR) is 68.9 cm³/mol. The van der Waals surface area contributed by atoms with Gasteiger partial charge in [-0.05, 0) is 24.6 Å². The molecule has 9 nitrogen and oxygen atoms in total. The van der Waals surface area contributed by atoms with Gasteiger partial charge in [0.05, 0.1) is 0 Å². The maximum absolute atomic E-state index is 11.3. The quantitative estimate of drug-likeness (QED) is 0.293. The first-order chi connectivity index (χ1) is 9.08. The third kappa shape index (κ3) is 4.64. The number of aliphatic hydroxyl groups is 1. The summed E-state index contributed by atoms with van der Waals surface area (Å²) in [4.78, 5) is 27.4. The molecule has 1 unspecified atom stereocenters. The Morgan fingerprint density at radius 2 is 2.16 bits per heavy atom. The minimum atomic E-state index is -1.12. The van der Waals surface area contributed by atoms with Crippen LogP contribution in [0.3, 0.4) is 0 Å². The van der Waals surface area contributed by atoms with Crippen LogP contribution in [0.5, 0.6) is 6.01 Å². The minimum Gasteiger partial charge on any atom is -0.435 e. The van der Waals surface area contributed by atoms with Crippen LogP contribution in [0.2, 0.25) is 0 Å². The summed E-state index contributed by atoms with van der Waals surface area (Å²) in [5.74, 6) is -0.343. The molecule has 0 radical (unpaired) electrons. The molecule has 19 heavy (non-hydrogen) atoms. The zero-order valence-corrected chi connectivity index (χ0v) is 10.3. The molecule has 0 amide bonds. The van der Waals surface area contributed by atoms with Crippen LogP contribution in [0.1, 0.15) is 25.7 Å². The highest BCUT2D eigenvalue weighted by atomic mass is 16.6. The van der Waals surface area contributed by atoms with E-state index in [4.69, 9.17) is 16.2 Å². The van der Waals surface area contributed by atoms with Gasteiger partial charge in [-0.25, -0.2) is 0 Å². The number of nitrogen functional groups attached to an aromatic ring is 1. The number of nitrogens with one attached hydrogen (secondary N) is 1. The van der Waals surface area contributed by atoms with Crippen molar-refractivity contribution in [2.45, 2.75) is 32.0 Å². The van der Waals surface area contributed by atoms with Crippen molar-refractivity contribution in [1.82, 2.24) is 9.97 Å². The summed E-state index contributed by atoms with van der Waals surface area (Å²) in [6.45, 7) is 0.600. The fraction of sp³-hybridized carbons (Fsp3) is 0.600. The van der Waals surface area contributed by atoms with Crippen molar-refractivity contribution in [3.63, 3.8) is 0 Å². The van der Waals surface area contributed by atoms with Gasteiger partial charge in [-0.2, -0.15) is 4.98 Å². The van der Waals surface area contributed by atoms with Crippen LogP contribution in [0.25, 0.3) is 0 Å². The van der Waals surface area contributed by atoms with Crippen LogP contribution in [0.15, 0.2) is 9.97 Å². The number of H-pyrrole nitrogens is 1. The number of ether oxygens (including phenoxy) is 1. The second-order valence-corrected chi connectivity index (χ2v) is 3.91. The third-order valence-electron chi connectivity index (χ3n) is 2.39. The summed E-state index contributed by atoms with van der Waals surface area (Å²) in [5.41, 5.74) is 9.36. The van der Waals surface area contributed by atoms with Gasteiger partial charge in [-0.3, -0.25) is 9.78 Å². The Bertz CT molecular complexity index is 475. The topological polar surface area (TPSA) is 157 Å². The number of hydrogen-bond acceptors (Lipinski definition) is 8. The smallest absolute Gasteiger partial charge is 0.300 e. The molecule has 0 aliphatic heterocycles. The normalized spacial score (nSPS) is 12.1. The number of nitroso groups, excluding NO2 is 1. The molecule has 1 aromatic rings. The number of aromatic nitrogens is 2. The Hall–Kier alpha value is -2.00. The standard InChI is InChI=1S/C10H17N5O4/c11-5-3-1-2-4-6(16)19-10-13-8(12)7(15-18)9(17)14-10/h6,16H,1-5,11H2,(H3,12,13,14,17). The highest BCUT2D eigenvalue weighted by Crippen LogP contribution is 2.16. The molecule has 0 saturated heterocycles. The van der Waals surface area contributed by atoms with E-state index in [1.165, 1.54) is 0 Å². The van der Waals surface area contributed by atoms with E-state index in [9.17, 15) is 14.8 Å². The molecule has 1 atom stereocenters. The van der Waals surface area contributed by atoms with E-state index in [1.54, 1.807) is 0 Å². The lowest BCUT2D eigenvalue weighted by atomic mass is 10.2. The minimum absolute atomic E-state index is 0.249. The zero-order valence-electron chi connectivity index (χ0n) is 10.3. The van der Waals surface area contributed by atoms with Crippen molar-refractivity contribution in [3.05, 3.63) is 15.3 Å². The van der Waals surface area contributed by atoms with E-state index in [0.717, 1.165) is 19.3 Å². The lowest BCUT2D eigenvalue weighted by Crippen LogP contribution is -2.20. The van der Waals surface area contributed by atoms with Crippen molar-refractivity contribution < 1.29 is 9.84 Å². The van der Waals surface area contributed by atoms with E-state index in [0.29, 0.717) is 13.0 Å². The average Bonchev–Trinajstić information content (AvgIpc) is 2.34. The van der Waals surface area contributed by atoms with Gasteiger partial charge in [-0.15, -0.1) is 4.91 Å². The van der Waals surface area contributed by atoms with Gasteiger partial charge in [-0.1, -0.05) is 6.42 Å². The molecule has 0 aromatic carbocycles. The maximum atomic E-state index is 11.3. The van der Waals surface area contributed by atoms with Crippen LogP contribution in [0.4, 0.5) is 11.5 Å². The van der Waals surface area contributed by atoms with Gasteiger partial charge in [0.25, 0.3) is 5.56 Å². The Labute approximate surface area is 109 Å². The van der Waals surface area contributed by atoms with E-state index in [1.807, 2.05) is 0 Å². The van der Waals surface area contributed by atoms with Gasteiger partial charge >= 0.3 is 6.01 Å². The van der Waals surface area contributed by atoms with Gasteiger partial charge in [0, 0.05) is 6.42 Å². The summed E-state index contributed by atoms with van der Waals surface area (Å²) in [6.07, 6.45) is 1.73. The van der Waals surface area contributed by atoms with Crippen molar-refractivity contribution in [2.24, 2.45) is 10.9 Å². The number of hydrogen-bond donors (Lipinski definition) is 4.